The first-order valence-electron chi connectivity index (χ1n) is 5.35. The minimum Gasteiger partial charge on any atom is -0.374 e. The Kier molecular flexibility index (Phi) is 2.89. The Labute approximate surface area is 96.0 Å². The molecule has 1 aliphatic carbocycles. The maximum Gasteiger partial charge on any atom is 0.0426 e. The largest absolute Gasteiger partial charge is 0.374 e. The van der Waals surface area contributed by atoms with E-state index in [1.54, 1.807) is 0 Å². The monoisotopic (exact) mass is 224 g/mol. The van der Waals surface area contributed by atoms with Gasteiger partial charge in [0, 0.05) is 29.8 Å². The van der Waals surface area contributed by atoms with Crippen LogP contribution in [0.2, 0.25) is 5.02 Å². The maximum absolute atomic E-state index is 6.05. The highest BCUT2D eigenvalue weighted by Gasteiger charge is 2.37. The summed E-state index contributed by atoms with van der Waals surface area (Å²) in [6, 6.07) is 7.92. The Morgan fingerprint density at radius 2 is 2.20 bits per heavy atom. The standard InChI is InChI=1S/C12H17ClN2/c1-15(8-7-12(14)5-6-12)11-4-2-3-10(13)9-11/h2-4,9H,5-8,14H2,1H3. The summed E-state index contributed by atoms with van der Waals surface area (Å²) >= 11 is 5.94. The van der Waals surface area contributed by atoms with E-state index < -0.39 is 0 Å². The Balaban J connectivity index is 1.92. The van der Waals surface area contributed by atoms with Gasteiger partial charge in [0.1, 0.15) is 0 Å². The Morgan fingerprint density at radius 3 is 2.80 bits per heavy atom. The third-order valence-electron chi connectivity index (χ3n) is 3.09. The van der Waals surface area contributed by atoms with Crippen LogP contribution in [0.3, 0.4) is 0 Å². The second-order valence-corrected chi connectivity index (χ2v) is 4.95. The fraction of sp³-hybridized carbons (Fsp3) is 0.500. The number of halogens is 1. The fourth-order valence-electron chi connectivity index (χ4n) is 1.64. The molecule has 2 nitrogen and oxygen atoms in total. The van der Waals surface area contributed by atoms with Crippen LogP contribution in [0.25, 0.3) is 0 Å². The summed E-state index contributed by atoms with van der Waals surface area (Å²) in [5, 5.41) is 0.785. The average molecular weight is 225 g/mol. The number of nitrogens with zero attached hydrogens (tertiary/aromatic N) is 1. The zero-order chi connectivity index (χ0) is 10.9. The molecule has 0 amide bonds. The highest BCUT2D eigenvalue weighted by atomic mass is 35.5. The third-order valence-corrected chi connectivity index (χ3v) is 3.32. The lowest BCUT2D eigenvalue weighted by Crippen LogP contribution is -2.29. The van der Waals surface area contributed by atoms with Gasteiger partial charge >= 0.3 is 0 Å². The summed E-state index contributed by atoms with van der Waals surface area (Å²) in [7, 11) is 2.08. The molecule has 1 aromatic carbocycles. The predicted octanol–water partition coefficient (Wildman–Crippen LogP) is 2.66. The van der Waals surface area contributed by atoms with Crippen molar-refractivity contribution in [3.05, 3.63) is 29.3 Å². The van der Waals surface area contributed by atoms with Crippen molar-refractivity contribution in [1.82, 2.24) is 0 Å². The smallest absolute Gasteiger partial charge is 0.0426 e. The molecule has 0 aromatic heterocycles. The molecule has 1 saturated carbocycles. The zero-order valence-electron chi connectivity index (χ0n) is 9.04. The molecule has 2 N–H and O–H groups in total. The van der Waals surface area contributed by atoms with Gasteiger partial charge in [-0.1, -0.05) is 17.7 Å². The van der Waals surface area contributed by atoms with Crippen molar-refractivity contribution < 1.29 is 0 Å². The molecule has 0 heterocycles. The number of hydrogen-bond donors (Lipinski definition) is 1. The summed E-state index contributed by atoms with van der Waals surface area (Å²) in [5.74, 6) is 0. The lowest BCUT2D eigenvalue weighted by molar-refractivity contribution is 0.606. The molecule has 0 unspecified atom stereocenters. The first kappa shape index (κ1) is 10.8. The average Bonchev–Trinajstić information content (AvgIpc) is 2.94. The second-order valence-electron chi connectivity index (χ2n) is 4.51. The molecule has 82 valence electrons. The van der Waals surface area contributed by atoms with Crippen LogP contribution in [0.5, 0.6) is 0 Å². The summed E-state index contributed by atoms with van der Waals surface area (Å²) in [6.07, 6.45) is 3.42. The summed E-state index contributed by atoms with van der Waals surface area (Å²) in [4.78, 5) is 2.21. The number of nitrogens with two attached hydrogens (primary N) is 1. The predicted molar refractivity (Wildman–Crippen MR) is 65.5 cm³/mol. The Hall–Kier alpha value is -0.730. The van der Waals surface area contributed by atoms with Crippen molar-refractivity contribution in [3.8, 4) is 0 Å². The maximum atomic E-state index is 6.05. The van der Waals surface area contributed by atoms with Gasteiger partial charge in [0.15, 0.2) is 0 Å². The Morgan fingerprint density at radius 1 is 1.47 bits per heavy atom. The molecular formula is C12H17ClN2. The molecule has 15 heavy (non-hydrogen) atoms. The van der Waals surface area contributed by atoms with Gasteiger partial charge in [-0.05, 0) is 37.5 Å². The van der Waals surface area contributed by atoms with Gasteiger partial charge in [-0.15, -0.1) is 0 Å². The number of hydrogen-bond acceptors (Lipinski definition) is 2. The van der Waals surface area contributed by atoms with Crippen LogP contribution in [0, 0.1) is 0 Å². The van der Waals surface area contributed by atoms with Gasteiger partial charge in [0.05, 0.1) is 0 Å². The van der Waals surface area contributed by atoms with E-state index >= 15 is 0 Å². The molecule has 0 saturated heterocycles. The summed E-state index contributed by atoms with van der Waals surface area (Å²) in [5.41, 5.74) is 7.34. The molecule has 1 fully saturated rings. The first-order chi connectivity index (χ1) is 7.09. The van der Waals surface area contributed by atoms with Crippen molar-refractivity contribution in [1.29, 1.82) is 0 Å². The fourth-order valence-corrected chi connectivity index (χ4v) is 1.83. The van der Waals surface area contributed by atoms with Crippen LogP contribution < -0.4 is 10.6 Å². The molecule has 2 rings (SSSR count). The third kappa shape index (κ3) is 2.86. The molecule has 0 aliphatic heterocycles. The highest BCUT2D eigenvalue weighted by molar-refractivity contribution is 6.30. The Bertz CT molecular complexity index is 347. The van der Waals surface area contributed by atoms with Crippen LogP contribution >= 0.6 is 11.6 Å². The van der Waals surface area contributed by atoms with E-state index in [0.29, 0.717) is 0 Å². The normalized spacial score (nSPS) is 17.5. The number of anilines is 1. The number of rotatable bonds is 4. The molecule has 1 aliphatic rings. The van der Waals surface area contributed by atoms with Crippen LogP contribution in [0.15, 0.2) is 24.3 Å². The van der Waals surface area contributed by atoms with E-state index in [1.807, 2.05) is 18.2 Å². The number of benzene rings is 1. The van der Waals surface area contributed by atoms with E-state index in [-0.39, 0.29) is 5.54 Å². The van der Waals surface area contributed by atoms with Crippen molar-refractivity contribution in [3.63, 3.8) is 0 Å². The van der Waals surface area contributed by atoms with E-state index in [9.17, 15) is 0 Å². The topological polar surface area (TPSA) is 29.3 Å². The van der Waals surface area contributed by atoms with Crippen molar-refractivity contribution >= 4 is 17.3 Å². The summed E-state index contributed by atoms with van der Waals surface area (Å²) in [6.45, 7) is 0.997. The van der Waals surface area contributed by atoms with Crippen molar-refractivity contribution in [2.45, 2.75) is 24.8 Å². The molecule has 0 bridgehead atoms. The van der Waals surface area contributed by atoms with Gasteiger partial charge in [0.25, 0.3) is 0 Å². The van der Waals surface area contributed by atoms with Gasteiger partial charge in [-0.3, -0.25) is 0 Å². The molecule has 1 aromatic rings. The van der Waals surface area contributed by atoms with E-state index in [4.69, 9.17) is 17.3 Å². The van der Waals surface area contributed by atoms with Gasteiger partial charge in [-0.2, -0.15) is 0 Å². The molecule has 0 radical (unpaired) electrons. The van der Waals surface area contributed by atoms with Crippen LogP contribution in [0.1, 0.15) is 19.3 Å². The van der Waals surface area contributed by atoms with Gasteiger partial charge in [-0.25, -0.2) is 0 Å². The SMILES string of the molecule is CN(CCC1(N)CC1)c1cccc(Cl)c1. The van der Waals surface area contributed by atoms with Crippen molar-refractivity contribution in [2.75, 3.05) is 18.5 Å². The molecular weight excluding hydrogens is 208 g/mol. The highest BCUT2D eigenvalue weighted by Crippen LogP contribution is 2.35. The van der Waals surface area contributed by atoms with E-state index in [0.717, 1.165) is 23.7 Å². The molecule has 0 atom stereocenters. The van der Waals surface area contributed by atoms with Crippen LogP contribution in [0.4, 0.5) is 5.69 Å². The molecule has 3 heteroatoms. The minimum atomic E-state index is 0.132. The zero-order valence-corrected chi connectivity index (χ0v) is 9.80. The lowest BCUT2D eigenvalue weighted by atomic mass is 10.2. The van der Waals surface area contributed by atoms with E-state index in [2.05, 4.69) is 18.0 Å². The van der Waals surface area contributed by atoms with Crippen molar-refractivity contribution in [2.24, 2.45) is 5.73 Å². The van der Waals surface area contributed by atoms with Gasteiger partial charge in [0.2, 0.25) is 0 Å². The van der Waals surface area contributed by atoms with E-state index in [1.165, 1.54) is 12.8 Å². The summed E-state index contributed by atoms with van der Waals surface area (Å²) < 4.78 is 0. The first-order valence-corrected chi connectivity index (χ1v) is 5.72. The van der Waals surface area contributed by atoms with Crippen LogP contribution in [-0.2, 0) is 0 Å². The van der Waals surface area contributed by atoms with Crippen LogP contribution in [-0.4, -0.2) is 19.1 Å². The minimum absolute atomic E-state index is 0.132. The quantitative estimate of drug-likeness (QED) is 0.852. The molecule has 0 spiro atoms. The second kappa shape index (κ2) is 4.03. The van der Waals surface area contributed by atoms with Gasteiger partial charge < -0.3 is 10.6 Å². The lowest BCUT2D eigenvalue weighted by Gasteiger charge is -2.21.